The van der Waals surface area contributed by atoms with E-state index in [1.165, 1.54) is 12.8 Å². The Morgan fingerprint density at radius 2 is 1.60 bits per heavy atom. The van der Waals surface area contributed by atoms with Crippen molar-refractivity contribution in [2.45, 2.75) is 47.5 Å². The van der Waals surface area contributed by atoms with E-state index in [4.69, 9.17) is 0 Å². The van der Waals surface area contributed by atoms with Crippen LogP contribution in [0, 0.1) is 16.7 Å². The number of rotatable bonds is 1. The molecule has 0 aromatic heterocycles. The molecule has 0 unspecified atom stereocenters. The molecule has 1 fully saturated rings. The molecule has 0 spiro atoms. The van der Waals surface area contributed by atoms with Gasteiger partial charge in [-0.25, -0.2) is 0 Å². The van der Waals surface area contributed by atoms with Crippen LogP contribution in [0.4, 0.5) is 0 Å². The van der Waals surface area contributed by atoms with Gasteiger partial charge in [0.15, 0.2) is 0 Å². The van der Waals surface area contributed by atoms with Crippen molar-refractivity contribution < 1.29 is 0 Å². The summed E-state index contributed by atoms with van der Waals surface area (Å²) in [6.07, 6.45) is 2.90. The topological polar surface area (TPSA) is 0 Å². The normalized spacial score (nSPS) is 26.1. The molecule has 0 amide bonds. The van der Waals surface area contributed by atoms with E-state index in [1.807, 2.05) is 0 Å². The Morgan fingerprint density at radius 3 is 1.70 bits per heavy atom. The van der Waals surface area contributed by atoms with Crippen molar-refractivity contribution in [2.24, 2.45) is 16.7 Å². The monoisotopic (exact) mass is 140 g/mol. The fraction of sp³-hybridized carbons (Fsp3) is 1.00. The van der Waals surface area contributed by atoms with Gasteiger partial charge in [0, 0.05) is 0 Å². The highest BCUT2D eigenvalue weighted by Gasteiger charge is 2.46. The van der Waals surface area contributed by atoms with Crippen LogP contribution in [-0.2, 0) is 0 Å². The molecule has 0 aliphatic heterocycles. The van der Waals surface area contributed by atoms with Crippen LogP contribution in [0.1, 0.15) is 47.5 Å². The standard InChI is InChI=1S/C10H20/c1-8(9(2,3)4)10(5)6-7-10/h8H,6-7H2,1-5H3/t8-/m1/s1. The fourth-order valence-corrected chi connectivity index (χ4v) is 1.68. The molecular formula is C10H20. The van der Waals surface area contributed by atoms with Crippen LogP contribution in [0.25, 0.3) is 0 Å². The summed E-state index contributed by atoms with van der Waals surface area (Å²) in [6, 6.07) is 0. The second kappa shape index (κ2) is 1.99. The highest BCUT2D eigenvalue weighted by molar-refractivity contribution is 4.96. The van der Waals surface area contributed by atoms with Crippen molar-refractivity contribution in [3.63, 3.8) is 0 Å². The van der Waals surface area contributed by atoms with E-state index in [2.05, 4.69) is 34.6 Å². The molecule has 1 aliphatic carbocycles. The lowest BCUT2D eigenvalue weighted by Crippen LogP contribution is -2.24. The van der Waals surface area contributed by atoms with Crippen molar-refractivity contribution >= 4 is 0 Å². The second-order valence-corrected chi connectivity index (χ2v) is 5.24. The van der Waals surface area contributed by atoms with Crippen molar-refractivity contribution in [3.8, 4) is 0 Å². The minimum absolute atomic E-state index is 0.505. The number of hydrogen-bond acceptors (Lipinski definition) is 0. The van der Waals surface area contributed by atoms with Gasteiger partial charge in [-0.2, -0.15) is 0 Å². The molecule has 0 bridgehead atoms. The summed E-state index contributed by atoms with van der Waals surface area (Å²) < 4.78 is 0. The molecule has 10 heavy (non-hydrogen) atoms. The predicted octanol–water partition coefficient (Wildman–Crippen LogP) is 3.47. The summed E-state index contributed by atoms with van der Waals surface area (Å²) in [7, 11) is 0. The first kappa shape index (κ1) is 8.10. The first-order chi connectivity index (χ1) is 4.36. The Hall–Kier alpha value is 0. The van der Waals surface area contributed by atoms with Crippen molar-refractivity contribution in [1.29, 1.82) is 0 Å². The van der Waals surface area contributed by atoms with Gasteiger partial charge in [0.05, 0.1) is 0 Å². The lowest BCUT2D eigenvalue weighted by Gasteiger charge is -2.32. The molecule has 0 nitrogen and oxygen atoms in total. The molecule has 0 aromatic rings. The molecule has 0 N–H and O–H groups in total. The van der Waals surface area contributed by atoms with Gasteiger partial charge in [-0.05, 0) is 29.6 Å². The molecule has 0 heterocycles. The first-order valence-corrected chi connectivity index (χ1v) is 4.36. The van der Waals surface area contributed by atoms with E-state index in [9.17, 15) is 0 Å². The molecule has 0 saturated heterocycles. The zero-order chi connectivity index (χ0) is 7.99. The van der Waals surface area contributed by atoms with Crippen LogP contribution in [-0.4, -0.2) is 0 Å². The van der Waals surface area contributed by atoms with Gasteiger partial charge in [-0.3, -0.25) is 0 Å². The maximum Gasteiger partial charge on any atom is -0.0295 e. The van der Waals surface area contributed by atoms with Gasteiger partial charge in [0.2, 0.25) is 0 Å². The van der Waals surface area contributed by atoms with E-state index in [-0.39, 0.29) is 0 Å². The van der Waals surface area contributed by atoms with Crippen molar-refractivity contribution in [1.82, 2.24) is 0 Å². The summed E-state index contributed by atoms with van der Waals surface area (Å²) in [4.78, 5) is 0. The minimum atomic E-state index is 0.505. The SMILES string of the molecule is C[C@H](C(C)(C)C)C1(C)CC1. The van der Waals surface area contributed by atoms with Crippen LogP contribution < -0.4 is 0 Å². The summed E-state index contributed by atoms with van der Waals surface area (Å²) in [5.41, 5.74) is 1.20. The Bertz CT molecular complexity index is 118. The highest BCUT2D eigenvalue weighted by Crippen LogP contribution is 2.56. The third-order valence-corrected chi connectivity index (χ3v) is 3.38. The molecule has 1 aliphatic rings. The molecule has 0 heteroatoms. The molecule has 0 radical (unpaired) electrons. The van der Waals surface area contributed by atoms with Gasteiger partial charge in [-0.1, -0.05) is 34.6 Å². The molecule has 1 rings (SSSR count). The van der Waals surface area contributed by atoms with Crippen LogP contribution in [0.5, 0.6) is 0 Å². The van der Waals surface area contributed by atoms with Gasteiger partial charge < -0.3 is 0 Å². The van der Waals surface area contributed by atoms with Crippen molar-refractivity contribution in [3.05, 3.63) is 0 Å². The fourth-order valence-electron chi connectivity index (χ4n) is 1.68. The van der Waals surface area contributed by atoms with Gasteiger partial charge in [-0.15, -0.1) is 0 Å². The summed E-state index contributed by atoms with van der Waals surface area (Å²) in [6.45, 7) is 11.9. The number of hydrogen-bond donors (Lipinski definition) is 0. The van der Waals surface area contributed by atoms with Gasteiger partial charge in [0.25, 0.3) is 0 Å². The van der Waals surface area contributed by atoms with Crippen LogP contribution >= 0.6 is 0 Å². The molecule has 60 valence electrons. The maximum absolute atomic E-state index is 2.42. The van der Waals surface area contributed by atoms with E-state index in [1.54, 1.807) is 0 Å². The summed E-state index contributed by atoms with van der Waals surface area (Å²) >= 11 is 0. The second-order valence-electron chi connectivity index (χ2n) is 5.24. The molecular weight excluding hydrogens is 120 g/mol. The molecule has 1 saturated carbocycles. The third kappa shape index (κ3) is 1.36. The summed E-state index contributed by atoms with van der Waals surface area (Å²) in [5.74, 6) is 0.875. The Morgan fingerprint density at radius 1 is 1.20 bits per heavy atom. The maximum atomic E-state index is 2.42. The zero-order valence-electron chi connectivity index (χ0n) is 7.99. The predicted molar refractivity (Wildman–Crippen MR) is 46.0 cm³/mol. The lowest BCUT2D eigenvalue weighted by molar-refractivity contribution is 0.172. The Kier molecular flexibility index (Phi) is 1.61. The zero-order valence-corrected chi connectivity index (χ0v) is 7.99. The Labute approximate surface area is 65.0 Å². The van der Waals surface area contributed by atoms with Crippen LogP contribution in [0.3, 0.4) is 0 Å². The molecule has 0 aromatic carbocycles. The first-order valence-electron chi connectivity index (χ1n) is 4.36. The van der Waals surface area contributed by atoms with Crippen LogP contribution in [0.2, 0.25) is 0 Å². The smallest absolute Gasteiger partial charge is 0.0295 e. The van der Waals surface area contributed by atoms with E-state index in [0.717, 1.165) is 5.92 Å². The lowest BCUT2D eigenvalue weighted by atomic mass is 9.73. The highest BCUT2D eigenvalue weighted by atomic mass is 14.5. The van der Waals surface area contributed by atoms with E-state index >= 15 is 0 Å². The van der Waals surface area contributed by atoms with E-state index < -0.39 is 0 Å². The minimum Gasteiger partial charge on any atom is -0.0615 e. The summed E-state index contributed by atoms with van der Waals surface area (Å²) in [5, 5.41) is 0. The average molecular weight is 140 g/mol. The van der Waals surface area contributed by atoms with Gasteiger partial charge >= 0.3 is 0 Å². The largest absolute Gasteiger partial charge is 0.0615 e. The third-order valence-electron chi connectivity index (χ3n) is 3.38. The average Bonchev–Trinajstić information content (AvgIpc) is 2.45. The Balaban J connectivity index is 2.57. The quantitative estimate of drug-likeness (QED) is 0.523. The van der Waals surface area contributed by atoms with Crippen LogP contribution in [0.15, 0.2) is 0 Å². The van der Waals surface area contributed by atoms with E-state index in [0.29, 0.717) is 10.8 Å². The van der Waals surface area contributed by atoms with Crippen molar-refractivity contribution in [2.75, 3.05) is 0 Å². The molecule has 1 atom stereocenters. The van der Waals surface area contributed by atoms with Gasteiger partial charge in [0.1, 0.15) is 0 Å².